The topological polar surface area (TPSA) is 85.9 Å². The van der Waals surface area contributed by atoms with Crippen LogP contribution in [0.4, 0.5) is 0 Å². The van der Waals surface area contributed by atoms with Crippen molar-refractivity contribution >= 4 is 20.9 Å². The fraction of sp³-hybridized carbons (Fsp3) is 0.355. The number of hydrogen-bond acceptors (Lipinski definition) is 5. The molecular weight excluding hydrogens is 510 g/mol. The number of rotatable bonds is 6. The summed E-state index contributed by atoms with van der Waals surface area (Å²) < 4.78 is 34.2. The number of hydrogen-bond donors (Lipinski definition) is 2. The molecule has 4 aromatic rings. The Kier molecular flexibility index (Phi) is 6.75. The van der Waals surface area contributed by atoms with Gasteiger partial charge in [-0.15, -0.1) is 0 Å². The van der Waals surface area contributed by atoms with Crippen LogP contribution in [0.15, 0.2) is 77.7 Å². The van der Waals surface area contributed by atoms with E-state index in [1.54, 1.807) is 23.5 Å². The number of methoxy groups -OCH3 is 1. The van der Waals surface area contributed by atoms with Crippen LogP contribution in [0, 0.1) is 6.92 Å². The number of aromatic amines is 1. The van der Waals surface area contributed by atoms with Gasteiger partial charge in [-0.05, 0) is 55.2 Å². The summed E-state index contributed by atoms with van der Waals surface area (Å²) in [6.07, 6.45) is 1.40. The van der Waals surface area contributed by atoms with Gasteiger partial charge in [0.1, 0.15) is 5.75 Å². The van der Waals surface area contributed by atoms with E-state index in [2.05, 4.69) is 28.1 Å². The van der Waals surface area contributed by atoms with E-state index in [9.17, 15) is 13.5 Å². The number of nitrogens with zero attached hydrogens (tertiary/aromatic N) is 2. The third-order valence-electron chi connectivity index (χ3n) is 8.58. The predicted molar refractivity (Wildman–Crippen MR) is 152 cm³/mol. The molecule has 2 aliphatic rings. The van der Waals surface area contributed by atoms with Gasteiger partial charge in [0.25, 0.3) is 0 Å². The minimum Gasteiger partial charge on any atom is -0.497 e. The van der Waals surface area contributed by atoms with Gasteiger partial charge in [0, 0.05) is 54.3 Å². The van der Waals surface area contributed by atoms with Gasteiger partial charge in [0.05, 0.1) is 24.7 Å². The number of benzene rings is 3. The van der Waals surface area contributed by atoms with Crippen molar-refractivity contribution in [1.82, 2.24) is 14.2 Å². The Morgan fingerprint density at radius 2 is 1.74 bits per heavy atom. The number of aryl methyl sites for hydroxylation is 1. The van der Waals surface area contributed by atoms with E-state index < -0.39 is 10.0 Å². The van der Waals surface area contributed by atoms with Crippen molar-refractivity contribution in [3.05, 3.63) is 95.2 Å². The first kappa shape index (κ1) is 26.1. The van der Waals surface area contributed by atoms with Crippen LogP contribution in [0.25, 0.3) is 10.9 Å². The molecule has 8 heteroatoms. The van der Waals surface area contributed by atoms with E-state index in [0.29, 0.717) is 37.4 Å². The summed E-state index contributed by atoms with van der Waals surface area (Å²) in [7, 11) is -1.91. The van der Waals surface area contributed by atoms with Gasteiger partial charge >= 0.3 is 0 Å². The number of H-pyrrole nitrogens is 1. The van der Waals surface area contributed by atoms with Crippen molar-refractivity contribution in [2.75, 3.05) is 33.4 Å². The van der Waals surface area contributed by atoms with Crippen LogP contribution < -0.4 is 4.74 Å². The maximum Gasteiger partial charge on any atom is 0.243 e. The van der Waals surface area contributed by atoms with Crippen molar-refractivity contribution in [3.8, 4) is 5.75 Å². The second-order valence-corrected chi connectivity index (χ2v) is 12.8. The third kappa shape index (κ3) is 4.55. The lowest BCUT2D eigenvalue weighted by Crippen LogP contribution is -2.54. The summed E-state index contributed by atoms with van der Waals surface area (Å²) >= 11 is 0. The molecule has 0 unspecified atom stereocenters. The number of nitrogens with one attached hydrogen (secondary N) is 1. The Morgan fingerprint density at radius 3 is 2.41 bits per heavy atom. The Labute approximate surface area is 230 Å². The van der Waals surface area contributed by atoms with Crippen LogP contribution in [0.5, 0.6) is 5.75 Å². The number of aromatic nitrogens is 1. The quantitative estimate of drug-likeness (QED) is 0.365. The van der Waals surface area contributed by atoms with Crippen molar-refractivity contribution < 1.29 is 18.3 Å². The lowest BCUT2D eigenvalue weighted by atomic mass is 9.68. The zero-order valence-corrected chi connectivity index (χ0v) is 23.2. The second kappa shape index (κ2) is 10.1. The van der Waals surface area contributed by atoms with Crippen LogP contribution in [-0.4, -0.2) is 61.1 Å². The van der Waals surface area contributed by atoms with Gasteiger partial charge < -0.3 is 14.8 Å². The molecule has 1 atom stereocenters. The maximum atomic E-state index is 13.5. The van der Waals surface area contributed by atoms with Gasteiger partial charge in [-0.2, -0.15) is 4.31 Å². The van der Waals surface area contributed by atoms with Gasteiger partial charge in [0.2, 0.25) is 10.0 Å². The zero-order chi connectivity index (χ0) is 27.2. The Bertz CT molecular complexity index is 1570. The van der Waals surface area contributed by atoms with Crippen LogP contribution in [0.1, 0.15) is 41.3 Å². The van der Waals surface area contributed by atoms with E-state index in [-0.39, 0.29) is 18.1 Å². The van der Waals surface area contributed by atoms with E-state index in [1.165, 1.54) is 11.1 Å². The molecule has 1 saturated heterocycles. The first-order chi connectivity index (χ1) is 18.8. The summed E-state index contributed by atoms with van der Waals surface area (Å²) in [4.78, 5) is 6.34. The van der Waals surface area contributed by atoms with E-state index in [4.69, 9.17) is 4.74 Å². The molecule has 2 N–H and O–H groups in total. The predicted octanol–water partition coefficient (Wildman–Crippen LogP) is 4.76. The summed E-state index contributed by atoms with van der Waals surface area (Å²) in [6.45, 7) is 4.30. The highest BCUT2D eigenvalue weighted by molar-refractivity contribution is 7.89. The standard InChI is InChI=1S/C31H35N3O4S/c1-22-8-11-25(12-9-22)39(36,37)34-16-14-31(15-17-34)21-33(19-23-6-4-3-5-7-23)28(20-35)30-29(31)26-13-10-24(38-2)18-27(26)32-30/h3-13,18,28,32,35H,14-17,19-21H2,1-2H3/t28-/m1/s1. The van der Waals surface area contributed by atoms with Crippen LogP contribution >= 0.6 is 0 Å². The molecule has 3 aromatic carbocycles. The Morgan fingerprint density at radius 1 is 1.03 bits per heavy atom. The van der Waals surface area contributed by atoms with E-state index in [1.807, 2.05) is 49.4 Å². The van der Waals surface area contributed by atoms with Crippen molar-refractivity contribution in [3.63, 3.8) is 0 Å². The first-order valence-corrected chi connectivity index (χ1v) is 14.9. The average molecular weight is 546 g/mol. The molecule has 1 fully saturated rings. The molecule has 0 aliphatic carbocycles. The maximum absolute atomic E-state index is 13.5. The highest BCUT2D eigenvalue weighted by Gasteiger charge is 2.48. The lowest BCUT2D eigenvalue weighted by molar-refractivity contribution is 0.0535. The van der Waals surface area contributed by atoms with Crippen LogP contribution in [-0.2, 0) is 22.0 Å². The van der Waals surface area contributed by atoms with E-state index >= 15 is 0 Å². The van der Waals surface area contributed by atoms with Gasteiger partial charge in [-0.1, -0.05) is 48.0 Å². The summed E-state index contributed by atoms with van der Waals surface area (Å²) in [5, 5.41) is 11.7. The molecule has 0 bridgehead atoms. The molecular formula is C31H35N3O4S. The molecule has 6 rings (SSSR count). The molecule has 2 aliphatic heterocycles. The first-order valence-electron chi connectivity index (χ1n) is 13.5. The number of fused-ring (bicyclic) bond motifs is 4. The van der Waals surface area contributed by atoms with Crippen LogP contribution in [0.3, 0.4) is 0 Å². The average Bonchev–Trinajstić information content (AvgIpc) is 3.34. The largest absolute Gasteiger partial charge is 0.497 e. The lowest BCUT2D eigenvalue weighted by Gasteiger charge is -2.50. The molecule has 0 saturated carbocycles. The fourth-order valence-corrected chi connectivity index (χ4v) is 7.96. The molecule has 3 heterocycles. The highest BCUT2D eigenvalue weighted by atomic mass is 32.2. The van der Waals surface area contributed by atoms with E-state index in [0.717, 1.165) is 34.5 Å². The SMILES string of the molecule is COc1ccc2c3c([nH]c2c1)[C@@H](CO)N(Cc1ccccc1)CC31CCN(S(=O)(=O)c2ccc(C)cc2)CC1. The van der Waals surface area contributed by atoms with Gasteiger partial charge in [-0.3, -0.25) is 4.90 Å². The van der Waals surface area contributed by atoms with Gasteiger partial charge in [-0.25, -0.2) is 8.42 Å². The van der Waals surface area contributed by atoms with Crippen LogP contribution in [0.2, 0.25) is 0 Å². The zero-order valence-electron chi connectivity index (χ0n) is 22.4. The fourth-order valence-electron chi connectivity index (χ4n) is 6.52. The monoisotopic (exact) mass is 545 g/mol. The molecule has 0 amide bonds. The van der Waals surface area contributed by atoms with Crippen molar-refractivity contribution in [1.29, 1.82) is 0 Å². The molecule has 1 spiro atoms. The molecule has 7 nitrogen and oxygen atoms in total. The third-order valence-corrected chi connectivity index (χ3v) is 10.5. The second-order valence-electron chi connectivity index (χ2n) is 10.9. The Hall–Kier alpha value is -3.17. The molecule has 1 aromatic heterocycles. The Balaban J connectivity index is 1.40. The van der Waals surface area contributed by atoms with Gasteiger partial charge in [0.15, 0.2) is 0 Å². The highest BCUT2D eigenvalue weighted by Crippen LogP contribution is 2.49. The summed E-state index contributed by atoms with van der Waals surface area (Å²) in [5.41, 5.74) is 5.20. The summed E-state index contributed by atoms with van der Waals surface area (Å²) in [6, 6.07) is 23.3. The van der Waals surface area contributed by atoms with Crippen molar-refractivity contribution in [2.24, 2.45) is 0 Å². The molecule has 204 valence electrons. The number of sulfonamides is 1. The minimum absolute atomic E-state index is 0.00615. The smallest absolute Gasteiger partial charge is 0.243 e. The number of ether oxygens (including phenoxy) is 1. The normalized spacial score (nSPS) is 19.8. The minimum atomic E-state index is -3.57. The number of piperidine rings is 1. The number of aliphatic hydroxyl groups is 1. The van der Waals surface area contributed by atoms with Crippen molar-refractivity contribution in [2.45, 2.75) is 42.7 Å². The number of aliphatic hydroxyl groups excluding tert-OH is 1. The summed E-state index contributed by atoms with van der Waals surface area (Å²) in [5.74, 6) is 0.774. The molecule has 39 heavy (non-hydrogen) atoms. The molecule has 0 radical (unpaired) electrons.